The molecule has 2 amide bonds. The molecule has 3 rings (SSSR count). The monoisotopic (exact) mass is 340 g/mol. The molecule has 0 bridgehead atoms. The van der Waals surface area contributed by atoms with E-state index in [-0.39, 0.29) is 25.5 Å². The van der Waals surface area contributed by atoms with Crippen LogP contribution in [0, 0.1) is 5.82 Å². The molecule has 2 heterocycles. The first-order valence-electron chi connectivity index (χ1n) is 6.64. The van der Waals surface area contributed by atoms with Gasteiger partial charge in [-0.2, -0.15) is 5.10 Å². The molecule has 1 N–H and O–H groups in total. The number of rotatable bonds is 5. The Balaban J connectivity index is 0.00000192. The first kappa shape index (κ1) is 16.8. The smallest absolute Gasteiger partial charge is 0.414 e. The van der Waals surface area contributed by atoms with Crippen molar-refractivity contribution in [2.75, 3.05) is 18.0 Å². The fraction of sp³-hybridized carbons (Fsp3) is 0.214. The van der Waals surface area contributed by atoms with E-state index in [1.165, 1.54) is 15.6 Å². The van der Waals surface area contributed by atoms with E-state index in [4.69, 9.17) is 4.74 Å². The van der Waals surface area contributed by atoms with E-state index in [0.717, 1.165) is 0 Å². The molecule has 1 aromatic heterocycles. The number of anilines is 1. The second kappa shape index (κ2) is 7.10. The van der Waals surface area contributed by atoms with Gasteiger partial charge in [0, 0.05) is 12.4 Å². The molecule has 0 spiro atoms. The van der Waals surface area contributed by atoms with Crippen LogP contribution in [0.25, 0.3) is 5.69 Å². The van der Waals surface area contributed by atoms with Crippen molar-refractivity contribution in [1.82, 2.24) is 15.1 Å². The Labute approximate surface area is 137 Å². The Kier molecular flexibility index (Phi) is 5.17. The van der Waals surface area contributed by atoms with Crippen molar-refractivity contribution in [3.8, 4) is 5.69 Å². The van der Waals surface area contributed by atoms with Crippen LogP contribution in [0.3, 0.4) is 0 Å². The molecular formula is C14H14ClFN4O3. The fourth-order valence-electron chi connectivity index (χ4n) is 2.28. The molecule has 122 valence electrons. The van der Waals surface area contributed by atoms with Gasteiger partial charge in [-0.25, -0.2) is 13.9 Å². The second-order valence-electron chi connectivity index (χ2n) is 4.73. The van der Waals surface area contributed by atoms with Gasteiger partial charge < -0.3 is 10.1 Å². The quantitative estimate of drug-likeness (QED) is 0.837. The zero-order valence-electron chi connectivity index (χ0n) is 11.9. The lowest BCUT2D eigenvalue weighted by molar-refractivity contribution is -0.109. The molecule has 0 saturated carbocycles. The van der Waals surface area contributed by atoms with Crippen LogP contribution in [-0.2, 0) is 9.53 Å². The van der Waals surface area contributed by atoms with Crippen LogP contribution in [0.4, 0.5) is 14.9 Å². The first-order valence-corrected chi connectivity index (χ1v) is 6.64. The van der Waals surface area contributed by atoms with Crippen molar-refractivity contribution in [2.45, 2.75) is 6.10 Å². The summed E-state index contributed by atoms with van der Waals surface area (Å²) in [5, 5.41) is 6.42. The van der Waals surface area contributed by atoms with Gasteiger partial charge in [0.25, 0.3) is 0 Å². The predicted octanol–water partition coefficient (Wildman–Crippen LogP) is 1.50. The zero-order valence-corrected chi connectivity index (χ0v) is 12.7. The summed E-state index contributed by atoms with van der Waals surface area (Å²) < 4.78 is 20.7. The maximum absolute atomic E-state index is 14.2. The lowest BCUT2D eigenvalue weighted by atomic mass is 10.2. The van der Waals surface area contributed by atoms with Gasteiger partial charge in [0.1, 0.15) is 11.8 Å². The molecule has 1 unspecified atom stereocenters. The Morgan fingerprint density at radius 1 is 1.48 bits per heavy atom. The van der Waals surface area contributed by atoms with E-state index in [0.29, 0.717) is 17.8 Å². The minimum absolute atomic E-state index is 0. The molecule has 1 aliphatic rings. The highest BCUT2D eigenvalue weighted by Gasteiger charge is 2.32. The highest BCUT2D eigenvalue weighted by Crippen LogP contribution is 2.25. The van der Waals surface area contributed by atoms with E-state index in [1.807, 2.05) is 0 Å². The third kappa shape index (κ3) is 3.42. The molecular weight excluding hydrogens is 327 g/mol. The summed E-state index contributed by atoms with van der Waals surface area (Å²) in [6.45, 7) is 0.472. The van der Waals surface area contributed by atoms with Gasteiger partial charge in [-0.1, -0.05) is 0 Å². The lowest BCUT2D eigenvalue weighted by Crippen LogP contribution is -2.30. The van der Waals surface area contributed by atoms with Crippen molar-refractivity contribution >= 4 is 30.6 Å². The summed E-state index contributed by atoms with van der Waals surface area (Å²) in [6.07, 6.45) is 2.70. The third-order valence-corrected chi connectivity index (χ3v) is 3.30. The van der Waals surface area contributed by atoms with Crippen molar-refractivity contribution in [3.63, 3.8) is 0 Å². The molecule has 9 heteroatoms. The molecule has 0 radical (unpaired) electrons. The fourth-order valence-corrected chi connectivity index (χ4v) is 2.28. The van der Waals surface area contributed by atoms with Crippen LogP contribution in [0.5, 0.6) is 0 Å². The maximum atomic E-state index is 14.2. The molecule has 0 aliphatic carbocycles. The number of hydrogen-bond donors (Lipinski definition) is 1. The molecule has 1 aliphatic heterocycles. The second-order valence-corrected chi connectivity index (χ2v) is 4.73. The van der Waals surface area contributed by atoms with E-state index in [1.54, 1.807) is 30.6 Å². The molecule has 1 saturated heterocycles. The normalized spacial score (nSPS) is 16.7. The van der Waals surface area contributed by atoms with E-state index >= 15 is 0 Å². The molecule has 23 heavy (non-hydrogen) atoms. The Morgan fingerprint density at radius 3 is 2.96 bits per heavy atom. The van der Waals surface area contributed by atoms with Gasteiger partial charge in [-0.15, -0.1) is 12.4 Å². The number of aromatic nitrogens is 2. The summed E-state index contributed by atoms with van der Waals surface area (Å²) in [5.74, 6) is -0.497. The van der Waals surface area contributed by atoms with Gasteiger partial charge in [-0.05, 0) is 24.3 Å². The van der Waals surface area contributed by atoms with Crippen LogP contribution in [-0.4, -0.2) is 41.5 Å². The molecule has 2 aromatic rings. The first-order chi connectivity index (χ1) is 10.7. The molecule has 1 fully saturated rings. The van der Waals surface area contributed by atoms with Gasteiger partial charge in [0.05, 0.1) is 18.8 Å². The summed E-state index contributed by atoms with van der Waals surface area (Å²) >= 11 is 0. The van der Waals surface area contributed by atoms with Crippen LogP contribution >= 0.6 is 12.4 Å². The van der Waals surface area contributed by atoms with Crippen molar-refractivity contribution in [2.24, 2.45) is 0 Å². The number of amides is 2. The summed E-state index contributed by atoms with van der Waals surface area (Å²) in [7, 11) is 0. The van der Waals surface area contributed by atoms with Crippen LogP contribution in [0.1, 0.15) is 0 Å². The van der Waals surface area contributed by atoms with E-state index < -0.39 is 18.0 Å². The minimum Gasteiger partial charge on any atom is -0.442 e. The van der Waals surface area contributed by atoms with Gasteiger partial charge in [0.2, 0.25) is 6.41 Å². The number of hydrogen-bond acceptors (Lipinski definition) is 4. The highest BCUT2D eigenvalue weighted by molar-refractivity contribution is 5.89. The number of nitrogens with zero attached hydrogens (tertiary/aromatic N) is 3. The SMILES string of the molecule is Cl.O=CNCC1CN(c2ccc(-n3cccn3)c(F)c2)C(=O)O1. The average Bonchev–Trinajstić information content (AvgIpc) is 3.14. The number of cyclic esters (lactones) is 1. The largest absolute Gasteiger partial charge is 0.442 e. The van der Waals surface area contributed by atoms with Gasteiger partial charge in [-0.3, -0.25) is 9.69 Å². The van der Waals surface area contributed by atoms with Gasteiger partial charge in [0.15, 0.2) is 5.82 Å². The third-order valence-electron chi connectivity index (χ3n) is 3.30. The Morgan fingerprint density at radius 2 is 2.30 bits per heavy atom. The topological polar surface area (TPSA) is 76.5 Å². The van der Waals surface area contributed by atoms with Crippen LogP contribution in [0.15, 0.2) is 36.7 Å². The maximum Gasteiger partial charge on any atom is 0.414 e. The molecule has 1 aromatic carbocycles. The Bertz CT molecular complexity index is 695. The average molecular weight is 341 g/mol. The molecule has 1 atom stereocenters. The predicted molar refractivity (Wildman–Crippen MR) is 82.5 cm³/mol. The lowest BCUT2D eigenvalue weighted by Gasteiger charge is -2.14. The van der Waals surface area contributed by atoms with Crippen molar-refractivity contribution < 1.29 is 18.7 Å². The molecule has 7 nitrogen and oxygen atoms in total. The van der Waals surface area contributed by atoms with Crippen LogP contribution in [0.2, 0.25) is 0 Å². The zero-order chi connectivity index (χ0) is 15.5. The summed E-state index contributed by atoms with van der Waals surface area (Å²) in [4.78, 5) is 23.4. The number of benzene rings is 1. The summed E-state index contributed by atoms with van der Waals surface area (Å²) in [6, 6.07) is 6.11. The number of nitrogens with one attached hydrogen (secondary N) is 1. The van der Waals surface area contributed by atoms with E-state index in [9.17, 15) is 14.0 Å². The standard InChI is InChI=1S/C14H13FN4O3.ClH/c15-12-6-10(2-3-13(12)19-5-1-4-17-19)18-8-11(7-16-9-20)22-14(18)21;/h1-6,9,11H,7-8H2,(H,16,20);1H. The van der Waals surface area contributed by atoms with Gasteiger partial charge >= 0.3 is 6.09 Å². The number of carbonyl (C=O) groups excluding carboxylic acids is 2. The minimum atomic E-state index is -0.566. The van der Waals surface area contributed by atoms with Crippen LogP contribution < -0.4 is 10.2 Å². The van der Waals surface area contributed by atoms with Crippen molar-refractivity contribution in [1.29, 1.82) is 0 Å². The number of halogens is 2. The number of ether oxygens (including phenoxy) is 1. The summed E-state index contributed by atoms with van der Waals surface area (Å²) in [5.41, 5.74) is 0.687. The number of carbonyl (C=O) groups is 2. The van der Waals surface area contributed by atoms with E-state index in [2.05, 4.69) is 10.4 Å². The highest BCUT2D eigenvalue weighted by atomic mass is 35.5. The van der Waals surface area contributed by atoms with Crippen molar-refractivity contribution in [3.05, 3.63) is 42.5 Å². The Hall–Kier alpha value is -2.61.